The molecule has 0 aliphatic heterocycles. The fourth-order valence-corrected chi connectivity index (χ4v) is 3.21. The molecule has 7 heteroatoms. The molecule has 2 N–H and O–H groups in total. The molecular formula is C13H19BrN2O3S. The van der Waals surface area contributed by atoms with Crippen molar-refractivity contribution in [3.05, 3.63) is 28.7 Å². The van der Waals surface area contributed by atoms with Crippen LogP contribution >= 0.6 is 15.9 Å². The smallest absolute Gasteiger partial charge is 0.241 e. The molecule has 1 amide bonds. The number of hydrogen-bond acceptors (Lipinski definition) is 4. The van der Waals surface area contributed by atoms with E-state index in [0.717, 1.165) is 4.47 Å². The van der Waals surface area contributed by atoms with Crippen molar-refractivity contribution in [3.8, 4) is 0 Å². The summed E-state index contributed by atoms with van der Waals surface area (Å²) in [5.74, 6) is -0.504. The molecule has 0 radical (unpaired) electrons. The number of likely N-dealkylation sites (N-methyl/N-ethyl adjacent to an activating group) is 1. The summed E-state index contributed by atoms with van der Waals surface area (Å²) in [6.45, 7) is 3.80. The standard InChI is InChI=1S/C13H19BrN2O3S/c1-13(2,12(17)16-9-8-15-3)20(18,19)11-6-4-10(14)5-7-11/h4-7,15H,8-9H2,1-3H3,(H,16,17). The average molecular weight is 363 g/mol. The van der Waals surface area contributed by atoms with Crippen LogP contribution in [0.3, 0.4) is 0 Å². The zero-order chi connectivity index (χ0) is 15.4. The van der Waals surface area contributed by atoms with Crippen LogP contribution in [0.1, 0.15) is 13.8 Å². The van der Waals surface area contributed by atoms with Gasteiger partial charge < -0.3 is 10.6 Å². The lowest BCUT2D eigenvalue weighted by molar-refractivity contribution is -0.122. The monoisotopic (exact) mass is 362 g/mol. The van der Waals surface area contributed by atoms with Gasteiger partial charge in [0.2, 0.25) is 5.91 Å². The van der Waals surface area contributed by atoms with E-state index >= 15 is 0 Å². The highest BCUT2D eigenvalue weighted by molar-refractivity contribution is 9.10. The summed E-state index contributed by atoms with van der Waals surface area (Å²) < 4.78 is 24.4. The van der Waals surface area contributed by atoms with Gasteiger partial charge in [-0.3, -0.25) is 4.79 Å². The van der Waals surface area contributed by atoms with Gasteiger partial charge in [0, 0.05) is 17.6 Å². The molecule has 1 aromatic carbocycles. The van der Waals surface area contributed by atoms with Gasteiger partial charge in [0.05, 0.1) is 4.90 Å². The predicted molar refractivity (Wildman–Crippen MR) is 82.3 cm³/mol. The van der Waals surface area contributed by atoms with Gasteiger partial charge in [0.15, 0.2) is 9.84 Å². The first-order chi connectivity index (χ1) is 9.23. The van der Waals surface area contributed by atoms with E-state index in [-0.39, 0.29) is 4.90 Å². The third kappa shape index (κ3) is 3.59. The molecule has 0 aromatic heterocycles. The Labute approximate surface area is 128 Å². The molecule has 0 aliphatic carbocycles. The van der Waals surface area contributed by atoms with Gasteiger partial charge in [-0.15, -0.1) is 0 Å². The van der Waals surface area contributed by atoms with Crippen LogP contribution in [0.25, 0.3) is 0 Å². The van der Waals surface area contributed by atoms with E-state index in [4.69, 9.17) is 0 Å². The average Bonchev–Trinajstić information content (AvgIpc) is 2.39. The third-order valence-corrected chi connectivity index (χ3v) is 5.95. The Kier molecular flexibility index (Phi) is 5.73. The number of carbonyl (C=O) groups excluding carboxylic acids is 1. The van der Waals surface area contributed by atoms with Gasteiger partial charge in [-0.25, -0.2) is 8.42 Å². The highest BCUT2D eigenvalue weighted by atomic mass is 79.9. The van der Waals surface area contributed by atoms with Gasteiger partial charge in [-0.2, -0.15) is 0 Å². The molecule has 0 heterocycles. The number of halogens is 1. The van der Waals surface area contributed by atoms with Crippen LogP contribution in [0.5, 0.6) is 0 Å². The summed E-state index contributed by atoms with van der Waals surface area (Å²) in [6.07, 6.45) is 0. The lowest BCUT2D eigenvalue weighted by atomic mass is 10.2. The van der Waals surface area contributed by atoms with Gasteiger partial charge in [0.25, 0.3) is 0 Å². The van der Waals surface area contributed by atoms with E-state index < -0.39 is 20.5 Å². The Hall–Kier alpha value is -0.920. The summed E-state index contributed by atoms with van der Waals surface area (Å²) in [6, 6.07) is 6.26. The number of benzene rings is 1. The molecule has 0 saturated carbocycles. The van der Waals surface area contributed by atoms with E-state index in [0.29, 0.717) is 13.1 Å². The van der Waals surface area contributed by atoms with Crippen molar-refractivity contribution in [1.29, 1.82) is 0 Å². The van der Waals surface area contributed by atoms with Crippen LogP contribution < -0.4 is 10.6 Å². The molecule has 1 aromatic rings. The molecule has 0 unspecified atom stereocenters. The molecule has 0 fully saturated rings. The van der Waals surface area contributed by atoms with Gasteiger partial charge >= 0.3 is 0 Å². The highest BCUT2D eigenvalue weighted by Gasteiger charge is 2.42. The predicted octanol–water partition coefficient (Wildman–Crippen LogP) is 1.34. The lowest BCUT2D eigenvalue weighted by Gasteiger charge is -2.24. The first-order valence-corrected chi connectivity index (χ1v) is 8.44. The fraction of sp³-hybridized carbons (Fsp3) is 0.462. The zero-order valence-corrected chi connectivity index (χ0v) is 14.1. The number of nitrogens with one attached hydrogen (secondary N) is 2. The Morgan fingerprint density at radius 1 is 1.20 bits per heavy atom. The van der Waals surface area contributed by atoms with Crippen molar-refractivity contribution < 1.29 is 13.2 Å². The maximum absolute atomic E-state index is 12.5. The fourth-order valence-electron chi connectivity index (χ4n) is 1.54. The highest BCUT2D eigenvalue weighted by Crippen LogP contribution is 2.26. The SMILES string of the molecule is CNCCNC(=O)C(C)(C)S(=O)(=O)c1ccc(Br)cc1. The van der Waals surface area contributed by atoms with E-state index in [1.807, 2.05) is 0 Å². The topological polar surface area (TPSA) is 75.3 Å². The second kappa shape index (κ2) is 6.69. The molecule has 0 bridgehead atoms. The van der Waals surface area contributed by atoms with Crippen LogP contribution in [0.15, 0.2) is 33.6 Å². The normalized spacial score (nSPS) is 12.2. The summed E-state index contributed by atoms with van der Waals surface area (Å²) >= 11 is 3.25. The summed E-state index contributed by atoms with van der Waals surface area (Å²) in [5.41, 5.74) is 0. The summed E-state index contributed by atoms with van der Waals surface area (Å²) in [7, 11) is -1.99. The number of rotatable bonds is 6. The molecule has 0 aliphatic rings. The molecule has 0 saturated heterocycles. The van der Waals surface area contributed by atoms with Crippen LogP contribution in [-0.2, 0) is 14.6 Å². The Balaban J connectivity index is 3.00. The Morgan fingerprint density at radius 3 is 2.25 bits per heavy atom. The lowest BCUT2D eigenvalue weighted by Crippen LogP contribution is -2.49. The minimum Gasteiger partial charge on any atom is -0.353 e. The largest absolute Gasteiger partial charge is 0.353 e. The first kappa shape index (κ1) is 17.1. The molecule has 5 nitrogen and oxygen atoms in total. The van der Waals surface area contributed by atoms with Crippen LogP contribution in [0.4, 0.5) is 0 Å². The maximum atomic E-state index is 12.5. The minimum absolute atomic E-state index is 0.134. The van der Waals surface area contributed by atoms with Crippen molar-refractivity contribution >= 4 is 31.7 Å². The molecule has 20 heavy (non-hydrogen) atoms. The third-order valence-electron chi connectivity index (χ3n) is 3.00. The maximum Gasteiger partial charge on any atom is 0.241 e. The molecule has 1 rings (SSSR count). The number of hydrogen-bond donors (Lipinski definition) is 2. The second-order valence-electron chi connectivity index (χ2n) is 4.83. The van der Waals surface area contributed by atoms with E-state index in [1.54, 1.807) is 19.2 Å². The van der Waals surface area contributed by atoms with Gasteiger partial charge in [0.1, 0.15) is 4.75 Å². The van der Waals surface area contributed by atoms with Crippen molar-refractivity contribution in [2.24, 2.45) is 0 Å². The zero-order valence-electron chi connectivity index (χ0n) is 11.7. The van der Waals surface area contributed by atoms with Gasteiger partial charge in [-0.05, 0) is 45.2 Å². The van der Waals surface area contributed by atoms with Crippen LogP contribution in [0, 0.1) is 0 Å². The molecule has 0 spiro atoms. The number of sulfone groups is 1. The van der Waals surface area contributed by atoms with Gasteiger partial charge in [-0.1, -0.05) is 15.9 Å². The summed E-state index contributed by atoms with van der Waals surface area (Å²) in [5, 5.41) is 5.50. The van der Waals surface area contributed by atoms with Crippen LogP contribution in [-0.4, -0.2) is 39.2 Å². The van der Waals surface area contributed by atoms with Crippen LogP contribution in [0.2, 0.25) is 0 Å². The van der Waals surface area contributed by atoms with Crippen molar-refractivity contribution in [1.82, 2.24) is 10.6 Å². The second-order valence-corrected chi connectivity index (χ2v) is 8.24. The van der Waals surface area contributed by atoms with Crippen molar-refractivity contribution in [3.63, 3.8) is 0 Å². The van der Waals surface area contributed by atoms with E-state index in [1.165, 1.54) is 26.0 Å². The van der Waals surface area contributed by atoms with E-state index in [9.17, 15) is 13.2 Å². The van der Waals surface area contributed by atoms with Crippen molar-refractivity contribution in [2.45, 2.75) is 23.5 Å². The summed E-state index contributed by atoms with van der Waals surface area (Å²) in [4.78, 5) is 12.2. The molecular weight excluding hydrogens is 344 g/mol. The first-order valence-electron chi connectivity index (χ1n) is 6.16. The quantitative estimate of drug-likeness (QED) is 0.748. The Morgan fingerprint density at radius 2 is 1.75 bits per heavy atom. The van der Waals surface area contributed by atoms with Crippen molar-refractivity contribution in [2.75, 3.05) is 20.1 Å². The Bertz CT molecular complexity index is 568. The molecule has 112 valence electrons. The minimum atomic E-state index is -3.74. The molecule has 0 atom stereocenters. The number of amides is 1. The van der Waals surface area contributed by atoms with E-state index in [2.05, 4.69) is 26.6 Å². The number of carbonyl (C=O) groups is 1.